The highest BCUT2D eigenvalue weighted by Crippen LogP contribution is 2.35. The Hall–Kier alpha value is -2.07. The molecule has 0 aliphatic carbocycles. The number of nitrogens with zero attached hydrogens (tertiary/aromatic N) is 1. The standard InChI is InChI=1S/C27H43ClN4O5/c1-19-8-9-22(28)15-24(19)25(37-13-10-30-27(34)35-2)21-7-5-11-32(17-21)26(33)31-16-23(29)14-20-6-3-4-12-36-18-20/h8-9,15,20-21,23,25H,3-7,10-14,16-18,29H2,1-2H3,(H,30,34)(H,31,33)/t20-,21-,23-,25?/m1/s1. The van der Waals surface area contributed by atoms with Crippen LogP contribution in [0.3, 0.4) is 0 Å². The Kier molecular flexibility index (Phi) is 12.2. The fourth-order valence-corrected chi connectivity index (χ4v) is 5.43. The van der Waals surface area contributed by atoms with E-state index in [1.54, 1.807) is 0 Å². The van der Waals surface area contributed by atoms with Gasteiger partial charge in [0.05, 0.1) is 19.8 Å². The van der Waals surface area contributed by atoms with Gasteiger partial charge in [0.2, 0.25) is 0 Å². The van der Waals surface area contributed by atoms with E-state index in [9.17, 15) is 9.59 Å². The molecule has 3 amide bonds. The first-order valence-corrected chi connectivity index (χ1v) is 13.8. The van der Waals surface area contributed by atoms with Crippen LogP contribution in [0.1, 0.15) is 55.8 Å². The summed E-state index contributed by atoms with van der Waals surface area (Å²) in [5, 5.41) is 6.33. The summed E-state index contributed by atoms with van der Waals surface area (Å²) in [5.41, 5.74) is 8.43. The van der Waals surface area contributed by atoms with Crippen LogP contribution >= 0.6 is 11.6 Å². The van der Waals surface area contributed by atoms with Crippen molar-refractivity contribution in [3.05, 3.63) is 34.3 Å². The topological polar surface area (TPSA) is 115 Å². The van der Waals surface area contributed by atoms with Crippen molar-refractivity contribution in [3.63, 3.8) is 0 Å². The zero-order chi connectivity index (χ0) is 26.6. The first-order chi connectivity index (χ1) is 17.9. The number of aryl methyl sites for hydroxylation is 1. The van der Waals surface area contributed by atoms with Gasteiger partial charge in [-0.25, -0.2) is 9.59 Å². The number of urea groups is 1. The number of amides is 3. The van der Waals surface area contributed by atoms with Gasteiger partial charge in [0.1, 0.15) is 0 Å². The lowest BCUT2D eigenvalue weighted by atomic mass is 9.86. The van der Waals surface area contributed by atoms with Crippen LogP contribution in [0.2, 0.25) is 5.02 Å². The molecule has 2 heterocycles. The molecule has 4 atom stereocenters. The average molecular weight is 539 g/mol. The van der Waals surface area contributed by atoms with Crippen LogP contribution in [-0.4, -0.2) is 76.2 Å². The largest absolute Gasteiger partial charge is 0.453 e. The van der Waals surface area contributed by atoms with Crippen molar-refractivity contribution in [1.82, 2.24) is 15.5 Å². The van der Waals surface area contributed by atoms with Gasteiger partial charge in [-0.1, -0.05) is 24.1 Å². The lowest BCUT2D eigenvalue weighted by Gasteiger charge is -2.37. The predicted octanol–water partition coefficient (Wildman–Crippen LogP) is 4.02. The number of nitrogens with one attached hydrogen (secondary N) is 2. The fourth-order valence-electron chi connectivity index (χ4n) is 5.25. The van der Waals surface area contributed by atoms with Gasteiger partial charge in [0, 0.05) is 56.4 Å². The quantitative estimate of drug-likeness (QED) is 0.388. The van der Waals surface area contributed by atoms with Crippen molar-refractivity contribution in [2.75, 3.05) is 53.1 Å². The summed E-state index contributed by atoms with van der Waals surface area (Å²) >= 11 is 6.33. The van der Waals surface area contributed by atoms with Gasteiger partial charge < -0.3 is 35.5 Å². The summed E-state index contributed by atoms with van der Waals surface area (Å²) < 4.78 is 16.6. The average Bonchev–Trinajstić information content (AvgIpc) is 3.17. The highest BCUT2D eigenvalue weighted by molar-refractivity contribution is 6.30. The van der Waals surface area contributed by atoms with Crippen molar-refractivity contribution in [3.8, 4) is 0 Å². The summed E-state index contributed by atoms with van der Waals surface area (Å²) in [6.07, 6.45) is 5.32. The number of carbonyl (C=O) groups is 2. The van der Waals surface area contributed by atoms with E-state index in [1.165, 1.54) is 13.5 Å². The van der Waals surface area contributed by atoms with E-state index < -0.39 is 6.09 Å². The van der Waals surface area contributed by atoms with E-state index in [2.05, 4.69) is 15.4 Å². The lowest BCUT2D eigenvalue weighted by Crippen LogP contribution is -2.49. The lowest BCUT2D eigenvalue weighted by molar-refractivity contribution is -0.00883. The molecular weight excluding hydrogens is 496 g/mol. The summed E-state index contributed by atoms with van der Waals surface area (Å²) in [6, 6.07) is 5.59. The number of benzene rings is 1. The molecule has 37 heavy (non-hydrogen) atoms. The molecule has 0 saturated carbocycles. The Labute approximate surface area is 225 Å². The molecule has 1 aromatic rings. The molecule has 3 rings (SSSR count). The third-order valence-corrected chi connectivity index (χ3v) is 7.47. The highest BCUT2D eigenvalue weighted by Gasteiger charge is 2.32. The van der Waals surface area contributed by atoms with Gasteiger partial charge in [0.25, 0.3) is 0 Å². The monoisotopic (exact) mass is 538 g/mol. The molecule has 2 saturated heterocycles. The van der Waals surface area contributed by atoms with Gasteiger partial charge >= 0.3 is 12.1 Å². The predicted molar refractivity (Wildman–Crippen MR) is 144 cm³/mol. The second-order valence-electron chi connectivity index (χ2n) is 10.2. The Bertz CT molecular complexity index is 865. The van der Waals surface area contributed by atoms with E-state index in [0.717, 1.165) is 56.4 Å². The molecule has 1 aromatic carbocycles. The third-order valence-electron chi connectivity index (χ3n) is 7.23. The molecule has 208 valence electrons. The number of carbonyl (C=O) groups excluding carboxylic acids is 2. The van der Waals surface area contributed by atoms with Gasteiger partial charge in [-0.15, -0.1) is 0 Å². The van der Waals surface area contributed by atoms with E-state index in [1.807, 2.05) is 30.0 Å². The number of hydrogen-bond donors (Lipinski definition) is 3. The highest BCUT2D eigenvalue weighted by atomic mass is 35.5. The molecular formula is C27H43ClN4O5. The van der Waals surface area contributed by atoms with Crippen LogP contribution in [0.15, 0.2) is 18.2 Å². The van der Waals surface area contributed by atoms with Gasteiger partial charge in [-0.3, -0.25) is 0 Å². The van der Waals surface area contributed by atoms with Crippen molar-refractivity contribution in [2.45, 2.75) is 57.6 Å². The number of rotatable bonds is 10. The van der Waals surface area contributed by atoms with Crippen LogP contribution in [0.4, 0.5) is 9.59 Å². The Morgan fingerprint density at radius 2 is 2.08 bits per heavy atom. The Morgan fingerprint density at radius 3 is 2.89 bits per heavy atom. The SMILES string of the molecule is COC(=O)NCCOC(c1cc(Cl)ccc1C)[C@@H]1CCCN(C(=O)NC[C@H](N)C[C@H]2CCCCOC2)C1. The maximum absolute atomic E-state index is 13.1. The molecule has 0 spiro atoms. The number of halogens is 1. The normalized spacial score (nSPS) is 22.0. The number of likely N-dealkylation sites (tertiary alicyclic amines) is 1. The number of methoxy groups -OCH3 is 1. The second kappa shape index (κ2) is 15.4. The number of alkyl carbamates (subject to hydrolysis) is 1. The molecule has 9 nitrogen and oxygen atoms in total. The maximum Gasteiger partial charge on any atom is 0.406 e. The maximum atomic E-state index is 13.1. The van der Waals surface area contributed by atoms with E-state index in [-0.39, 0.29) is 24.1 Å². The second-order valence-corrected chi connectivity index (χ2v) is 10.6. The zero-order valence-electron chi connectivity index (χ0n) is 22.2. The molecule has 4 N–H and O–H groups in total. The van der Waals surface area contributed by atoms with Crippen LogP contribution < -0.4 is 16.4 Å². The van der Waals surface area contributed by atoms with Gasteiger partial charge in [0.15, 0.2) is 0 Å². The van der Waals surface area contributed by atoms with E-state index in [4.69, 9.17) is 26.8 Å². The minimum atomic E-state index is -0.496. The Morgan fingerprint density at radius 1 is 1.24 bits per heavy atom. The minimum absolute atomic E-state index is 0.0894. The summed E-state index contributed by atoms with van der Waals surface area (Å²) in [6.45, 7) is 5.97. The van der Waals surface area contributed by atoms with Crippen LogP contribution in [0.5, 0.6) is 0 Å². The number of hydrogen-bond acceptors (Lipinski definition) is 6. The van der Waals surface area contributed by atoms with Crippen molar-refractivity contribution < 1.29 is 23.8 Å². The Balaban J connectivity index is 1.57. The summed E-state index contributed by atoms with van der Waals surface area (Å²) in [4.78, 5) is 26.3. The summed E-state index contributed by atoms with van der Waals surface area (Å²) in [5.74, 6) is 0.549. The molecule has 10 heteroatoms. The molecule has 0 radical (unpaired) electrons. The fraction of sp³-hybridized carbons (Fsp3) is 0.704. The smallest absolute Gasteiger partial charge is 0.406 e. The number of piperidine rings is 1. The molecule has 1 unspecified atom stereocenters. The molecule has 2 fully saturated rings. The third kappa shape index (κ3) is 9.63. The molecule has 0 bridgehead atoms. The first-order valence-electron chi connectivity index (χ1n) is 13.4. The zero-order valence-corrected chi connectivity index (χ0v) is 22.9. The molecule has 2 aliphatic heterocycles. The number of ether oxygens (including phenoxy) is 3. The van der Waals surface area contributed by atoms with Crippen molar-refractivity contribution in [1.29, 1.82) is 0 Å². The van der Waals surface area contributed by atoms with Crippen LogP contribution in [0, 0.1) is 18.8 Å². The van der Waals surface area contributed by atoms with Crippen molar-refractivity contribution >= 4 is 23.7 Å². The van der Waals surface area contributed by atoms with E-state index in [0.29, 0.717) is 43.7 Å². The van der Waals surface area contributed by atoms with Crippen LogP contribution in [0.25, 0.3) is 0 Å². The van der Waals surface area contributed by atoms with Gasteiger partial charge in [-0.2, -0.15) is 0 Å². The van der Waals surface area contributed by atoms with Crippen LogP contribution in [-0.2, 0) is 14.2 Å². The van der Waals surface area contributed by atoms with Gasteiger partial charge in [-0.05, 0) is 68.2 Å². The van der Waals surface area contributed by atoms with E-state index >= 15 is 0 Å². The molecule has 0 aromatic heterocycles. The first kappa shape index (κ1) is 29.5. The molecule has 2 aliphatic rings. The number of nitrogens with two attached hydrogens (primary N) is 1. The minimum Gasteiger partial charge on any atom is -0.453 e. The summed E-state index contributed by atoms with van der Waals surface area (Å²) in [7, 11) is 1.33. The van der Waals surface area contributed by atoms with Crippen molar-refractivity contribution in [2.24, 2.45) is 17.6 Å².